The van der Waals surface area contributed by atoms with Gasteiger partial charge in [-0.05, 0) is 36.7 Å². The molecule has 0 saturated carbocycles. The number of hydrogen-bond donors (Lipinski definition) is 3. The molecule has 252 valence electrons. The van der Waals surface area contributed by atoms with Crippen LogP contribution in [0.25, 0.3) is 0 Å². The second-order valence-corrected chi connectivity index (χ2v) is 14.4. The summed E-state index contributed by atoms with van der Waals surface area (Å²) in [4.78, 5) is 50.7. The first-order valence-electron chi connectivity index (χ1n) is 16.1. The molecular formula is C34H50N6O4S2. The number of benzene rings is 1. The topological polar surface area (TPSA) is 126 Å². The number of amides is 4. The molecule has 0 saturated heterocycles. The van der Waals surface area contributed by atoms with E-state index in [4.69, 9.17) is 4.74 Å². The van der Waals surface area contributed by atoms with E-state index in [0.717, 1.165) is 27.6 Å². The fraction of sp³-hybridized carbons (Fsp3) is 0.559. The second kappa shape index (κ2) is 18.6. The van der Waals surface area contributed by atoms with Gasteiger partial charge in [0.1, 0.15) is 12.6 Å². The van der Waals surface area contributed by atoms with Crippen molar-refractivity contribution in [3.8, 4) is 0 Å². The highest BCUT2D eigenvalue weighted by atomic mass is 32.1. The van der Waals surface area contributed by atoms with Gasteiger partial charge >= 0.3 is 12.1 Å². The smallest absolute Gasteiger partial charge is 0.407 e. The number of rotatable bonds is 17. The molecule has 12 heteroatoms. The van der Waals surface area contributed by atoms with Crippen molar-refractivity contribution in [3.63, 3.8) is 0 Å². The lowest BCUT2D eigenvalue weighted by atomic mass is 9.91. The Hall–Kier alpha value is -3.51. The van der Waals surface area contributed by atoms with Crippen LogP contribution in [0.5, 0.6) is 0 Å². The van der Waals surface area contributed by atoms with Crippen molar-refractivity contribution in [1.82, 2.24) is 30.8 Å². The average Bonchev–Trinajstić information content (AvgIpc) is 3.73. The summed E-state index contributed by atoms with van der Waals surface area (Å²) in [5.41, 5.74) is 3.64. The Balaban J connectivity index is 1.63. The quantitative estimate of drug-likeness (QED) is 0.146. The van der Waals surface area contributed by atoms with Crippen LogP contribution in [0.4, 0.5) is 9.59 Å². The number of alkyl carbamates (subject to hydrolysis) is 1. The number of nitrogens with zero attached hydrogens (tertiary/aromatic N) is 3. The summed E-state index contributed by atoms with van der Waals surface area (Å²) >= 11 is 3.03. The van der Waals surface area contributed by atoms with Crippen LogP contribution in [0.1, 0.15) is 87.9 Å². The molecule has 10 nitrogen and oxygen atoms in total. The van der Waals surface area contributed by atoms with Crippen molar-refractivity contribution in [2.75, 3.05) is 7.05 Å². The molecule has 0 aliphatic heterocycles. The monoisotopic (exact) mass is 670 g/mol. The number of ether oxygens (including phenoxy) is 1. The van der Waals surface area contributed by atoms with Gasteiger partial charge in [-0.25, -0.2) is 14.6 Å². The lowest BCUT2D eigenvalue weighted by molar-refractivity contribution is -0.125. The zero-order chi connectivity index (χ0) is 33.6. The summed E-state index contributed by atoms with van der Waals surface area (Å²) in [5.74, 6) is 0.181. The van der Waals surface area contributed by atoms with E-state index in [-0.39, 0.29) is 42.5 Å². The van der Waals surface area contributed by atoms with Gasteiger partial charge in [0.25, 0.3) is 0 Å². The molecule has 0 fully saturated rings. The Morgan fingerprint density at radius 1 is 0.978 bits per heavy atom. The predicted molar refractivity (Wildman–Crippen MR) is 185 cm³/mol. The van der Waals surface area contributed by atoms with Gasteiger partial charge in [-0.15, -0.1) is 22.7 Å². The number of nitrogens with one attached hydrogen (secondary N) is 3. The maximum Gasteiger partial charge on any atom is 0.407 e. The van der Waals surface area contributed by atoms with Gasteiger partial charge in [0.2, 0.25) is 5.91 Å². The van der Waals surface area contributed by atoms with E-state index in [9.17, 15) is 14.4 Å². The average molecular weight is 671 g/mol. The van der Waals surface area contributed by atoms with Crippen molar-refractivity contribution < 1.29 is 19.1 Å². The highest BCUT2D eigenvalue weighted by molar-refractivity contribution is 7.09. The molecule has 0 radical (unpaired) electrons. The van der Waals surface area contributed by atoms with E-state index in [1.54, 1.807) is 35.0 Å². The molecule has 3 rings (SSSR count). The zero-order valence-electron chi connectivity index (χ0n) is 28.1. The minimum atomic E-state index is -0.705. The van der Waals surface area contributed by atoms with Crippen molar-refractivity contribution in [3.05, 3.63) is 68.6 Å². The van der Waals surface area contributed by atoms with E-state index >= 15 is 0 Å². The molecule has 0 spiro atoms. The normalized spacial score (nSPS) is 13.9. The van der Waals surface area contributed by atoms with Crippen LogP contribution >= 0.6 is 22.7 Å². The van der Waals surface area contributed by atoms with Gasteiger partial charge in [-0.2, -0.15) is 0 Å². The zero-order valence-corrected chi connectivity index (χ0v) is 29.7. The van der Waals surface area contributed by atoms with Crippen LogP contribution in [-0.4, -0.2) is 58.1 Å². The number of urea groups is 1. The van der Waals surface area contributed by atoms with Gasteiger partial charge in [0, 0.05) is 36.6 Å². The summed E-state index contributed by atoms with van der Waals surface area (Å²) < 4.78 is 5.46. The molecular weight excluding hydrogens is 621 g/mol. The van der Waals surface area contributed by atoms with Crippen LogP contribution < -0.4 is 16.0 Å². The van der Waals surface area contributed by atoms with Gasteiger partial charge in [0.05, 0.1) is 27.6 Å². The van der Waals surface area contributed by atoms with Gasteiger partial charge in [-0.3, -0.25) is 9.78 Å². The van der Waals surface area contributed by atoms with E-state index in [0.29, 0.717) is 31.7 Å². The third-order valence-corrected chi connectivity index (χ3v) is 9.95. The largest absolute Gasteiger partial charge is 0.444 e. The number of carbonyl (C=O) groups excluding carboxylic acids is 3. The van der Waals surface area contributed by atoms with Crippen LogP contribution in [0.15, 0.2) is 47.4 Å². The maximum atomic E-state index is 13.7. The van der Waals surface area contributed by atoms with Crippen molar-refractivity contribution in [1.29, 1.82) is 0 Å². The summed E-state index contributed by atoms with van der Waals surface area (Å²) in [6, 6.07) is 8.63. The first kappa shape index (κ1) is 37.0. The van der Waals surface area contributed by atoms with E-state index < -0.39 is 12.1 Å². The Bertz CT molecular complexity index is 1350. The Kier molecular flexibility index (Phi) is 14.9. The van der Waals surface area contributed by atoms with Crippen molar-refractivity contribution in [2.24, 2.45) is 11.8 Å². The molecule has 3 N–H and O–H groups in total. The molecule has 2 aromatic heterocycles. The summed E-state index contributed by atoms with van der Waals surface area (Å²) in [6.45, 7) is 12.8. The predicted octanol–water partition coefficient (Wildman–Crippen LogP) is 6.74. The van der Waals surface area contributed by atoms with E-state index in [1.807, 2.05) is 49.6 Å². The number of aromatic nitrogens is 2. The summed E-state index contributed by atoms with van der Waals surface area (Å²) in [7, 11) is 1.71. The molecule has 0 bridgehead atoms. The molecule has 0 aliphatic carbocycles. The van der Waals surface area contributed by atoms with Gasteiger partial charge < -0.3 is 25.6 Å². The first-order chi connectivity index (χ1) is 22.0. The first-order valence-corrected chi connectivity index (χ1v) is 17.8. The van der Waals surface area contributed by atoms with Crippen molar-refractivity contribution >= 4 is 40.7 Å². The molecule has 1 unspecified atom stereocenters. The Morgan fingerprint density at radius 2 is 1.72 bits per heavy atom. The molecule has 3 aromatic rings. The van der Waals surface area contributed by atoms with E-state index in [1.165, 1.54) is 11.3 Å². The SMILES string of the molecule is CC[C@H](C)C(CC[C@H](Cc1ccccc1)NC(=O)OCc1cncs1)NC(=O)[C@@H](NC(=O)N(C)Cc1csc(C(C)C)n1)C(C)C. The lowest BCUT2D eigenvalue weighted by Crippen LogP contribution is -2.55. The van der Waals surface area contributed by atoms with Crippen molar-refractivity contribution in [2.45, 2.75) is 104 Å². The van der Waals surface area contributed by atoms with Gasteiger partial charge in [-0.1, -0.05) is 78.3 Å². The summed E-state index contributed by atoms with van der Waals surface area (Å²) in [6.07, 6.45) is 3.98. The standard InChI is InChI=1S/C34H50N6O4S2/c1-8-24(6)29(15-14-26(16-25-12-10-9-11-13-25)37-34(43)44-19-28-17-35-21-46-28)38-31(41)30(22(2)3)39-33(42)40(7)18-27-20-45-32(36-27)23(4)5/h9-13,17,20-24,26,29-30H,8,14-16,18-19H2,1-7H3,(H,37,43)(H,38,41)(H,39,42)/t24-,26+,29?,30-/m0/s1. The fourth-order valence-electron chi connectivity index (χ4n) is 4.97. The molecule has 0 aliphatic rings. The molecule has 4 atom stereocenters. The molecule has 4 amide bonds. The fourth-order valence-corrected chi connectivity index (χ4v) is 6.30. The summed E-state index contributed by atoms with van der Waals surface area (Å²) in [5, 5.41) is 12.2. The number of carbonyl (C=O) groups is 3. The van der Waals surface area contributed by atoms with Crippen LogP contribution in [-0.2, 0) is 29.1 Å². The third kappa shape index (κ3) is 12.0. The van der Waals surface area contributed by atoms with E-state index in [2.05, 4.69) is 53.6 Å². The maximum absolute atomic E-state index is 13.7. The third-order valence-electron chi connectivity index (χ3n) is 8.00. The highest BCUT2D eigenvalue weighted by Crippen LogP contribution is 2.21. The highest BCUT2D eigenvalue weighted by Gasteiger charge is 2.29. The Morgan fingerprint density at radius 3 is 2.33 bits per heavy atom. The lowest BCUT2D eigenvalue weighted by Gasteiger charge is -2.30. The number of hydrogen-bond acceptors (Lipinski definition) is 8. The van der Waals surface area contributed by atoms with Crippen LogP contribution in [0.2, 0.25) is 0 Å². The molecule has 1 aromatic carbocycles. The van der Waals surface area contributed by atoms with Gasteiger partial charge in [0.15, 0.2) is 0 Å². The minimum absolute atomic E-state index is 0.123. The minimum Gasteiger partial charge on any atom is -0.444 e. The number of thiazole rings is 2. The second-order valence-electron chi connectivity index (χ2n) is 12.5. The van der Waals surface area contributed by atoms with Crippen LogP contribution in [0.3, 0.4) is 0 Å². The molecule has 46 heavy (non-hydrogen) atoms. The van der Waals surface area contributed by atoms with Crippen LogP contribution in [0, 0.1) is 11.8 Å². The molecule has 2 heterocycles. The Labute approximate surface area is 281 Å².